The first-order valence-corrected chi connectivity index (χ1v) is 8.06. The van der Waals surface area contributed by atoms with Crippen LogP contribution in [0, 0.1) is 5.92 Å². The third-order valence-corrected chi connectivity index (χ3v) is 3.99. The molecule has 2 heterocycles. The number of hydrogen-bond donors (Lipinski definition) is 2. The lowest BCUT2D eigenvalue weighted by Gasteiger charge is -2.40. The molecule has 3 N–H and O–H groups in total. The van der Waals surface area contributed by atoms with Crippen molar-refractivity contribution in [1.29, 1.82) is 0 Å². The maximum absolute atomic E-state index is 12.2. The van der Waals surface area contributed by atoms with Crippen LogP contribution in [0.4, 0.5) is 0 Å². The molecule has 1 saturated heterocycles. The number of carbonyl (C=O) groups is 2. The summed E-state index contributed by atoms with van der Waals surface area (Å²) in [4.78, 5) is 29.6. The summed E-state index contributed by atoms with van der Waals surface area (Å²) in [6, 6.07) is 2.55. The molecule has 1 aromatic rings. The van der Waals surface area contributed by atoms with Crippen LogP contribution in [-0.4, -0.2) is 45.2 Å². The quantitative estimate of drug-likeness (QED) is 0.804. The molecule has 0 amide bonds. The predicted octanol–water partition coefficient (Wildman–Crippen LogP) is 1.55. The number of likely N-dealkylation sites (tertiary alicyclic amines) is 1. The Balaban J connectivity index is 2.09. The van der Waals surface area contributed by atoms with E-state index in [0.29, 0.717) is 24.9 Å². The Bertz CT molecular complexity index is 585. The van der Waals surface area contributed by atoms with Crippen molar-refractivity contribution in [3.63, 3.8) is 0 Å². The molecule has 0 unspecified atom stereocenters. The van der Waals surface area contributed by atoms with Crippen LogP contribution in [0.15, 0.2) is 24.5 Å². The van der Waals surface area contributed by atoms with Crippen LogP contribution < -0.4 is 5.73 Å². The highest BCUT2D eigenvalue weighted by atomic mass is 16.6. The van der Waals surface area contributed by atoms with Crippen LogP contribution in [0.3, 0.4) is 0 Å². The van der Waals surface area contributed by atoms with Crippen LogP contribution in [0.25, 0.3) is 0 Å². The number of ether oxygens (including phenoxy) is 1. The van der Waals surface area contributed by atoms with Gasteiger partial charge >= 0.3 is 11.9 Å². The van der Waals surface area contributed by atoms with Crippen molar-refractivity contribution in [2.24, 2.45) is 11.7 Å². The van der Waals surface area contributed by atoms with E-state index in [1.54, 1.807) is 23.2 Å². The second-order valence-corrected chi connectivity index (χ2v) is 7.09. The fourth-order valence-corrected chi connectivity index (χ4v) is 2.95. The Kier molecular flexibility index (Phi) is 5.56. The zero-order valence-corrected chi connectivity index (χ0v) is 14.3. The molecule has 1 aliphatic heterocycles. The summed E-state index contributed by atoms with van der Waals surface area (Å²) in [5.41, 5.74) is 6.22. The maximum Gasteiger partial charge on any atom is 0.325 e. The van der Waals surface area contributed by atoms with Crippen LogP contribution in [0.2, 0.25) is 0 Å². The largest absolute Gasteiger partial charge is 0.480 e. The Hall–Kier alpha value is -1.99. The lowest BCUT2D eigenvalue weighted by molar-refractivity contribution is -0.163. The van der Waals surface area contributed by atoms with Gasteiger partial charge in [-0.05, 0) is 45.2 Å². The van der Waals surface area contributed by atoms with Crippen molar-refractivity contribution >= 4 is 11.9 Å². The van der Waals surface area contributed by atoms with Gasteiger partial charge in [0.25, 0.3) is 0 Å². The summed E-state index contributed by atoms with van der Waals surface area (Å²) in [7, 11) is 0. The van der Waals surface area contributed by atoms with E-state index in [2.05, 4.69) is 4.98 Å². The van der Waals surface area contributed by atoms with E-state index in [4.69, 9.17) is 10.5 Å². The molecular weight excluding hydrogens is 310 g/mol. The zero-order valence-electron chi connectivity index (χ0n) is 14.3. The topological polar surface area (TPSA) is 106 Å². The number of carbonyl (C=O) groups excluding carboxylic acids is 1. The van der Waals surface area contributed by atoms with Crippen LogP contribution in [-0.2, 0) is 14.3 Å². The van der Waals surface area contributed by atoms with Gasteiger partial charge in [-0.15, -0.1) is 0 Å². The second-order valence-electron chi connectivity index (χ2n) is 7.09. The number of piperidine rings is 1. The summed E-state index contributed by atoms with van der Waals surface area (Å²) in [5.74, 6) is -1.56. The Morgan fingerprint density at radius 3 is 2.67 bits per heavy atom. The fraction of sp³-hybridized carbons (Fsp3) is 0.588. The molecule has 0 radical (unpaired) electrons. The third kappa shape index (κ3) is 4.52. The van der Waals surface area contributed by atoms with Gasteiger partial charge < -0.3 is 15.6 Å². The summed E-state index contributed by atoms with van der Waals surface area (Å²) in [6.45, 7) is 5.88. The number of rotatable bonds is 4. The molecule has 0 aliphatic carbocycles. The van der Waals surface area contributed by atoms with Crippen LogP contribution >= 0.6 is 0 Å². The van der Waals surface area contributed by atoms with E-state index in [1.807, 2.05) is 20.8 Å². The molecule has 0 aromatic carbocycles. The van der Waals surface area contributed by atoms with E-state index in [0.717, 1.165) is 0 Å². The number of aliphatic carboxylic acids is 1. The summed E-state index contributed by atoms with van der Waals surface area (Å²) >= 11 is 0. The van der Waals surface area contributed by atoms with Gasteiger partial charge in [0.1, 0.15) is 11.6 Å². The number of esters is 1. The SMILES string of the molecule is CC(C)(C)OC(=O)[C@@H]1CCN([C@@H](C(=O)O)c2cccnc2)[C@H](N)C1. The number of carboxylic acid groups (broad SMARTS) is 1. The van der Waals surface area contributed by atoms with Gasteiger partial charge in [0, 0.05) is 18.9 Å². The molecule has 3 atom stereocenters. The minimum absolute atomic E-state index is 0.272. The number of nitrogens with two attached hydrogens (primary N) is 1. The minimum Gasteiger partial charge on any atom is -0.480 e. The average molecular weight is 335 g/mol. The van der Waals surface area contributed by atoms with Crippen molar-refractivity contribution in [1.82, 2.24) is 9.88 Å². The van der Waals surface area contributed by atoms with Crippen LogP contribution in [0.5, 0.6) is 0 Å². The van der Waals surface area contributed by atoms with E-state index < -0.39 is 23.8 Å². The van der Waals surface area contributed by atoms with Gasteiger partial charge in [-0.3, -0.25) is 19.5 Å². The molecule has 1 aromatic heterocycles. The number of aromatic nitrogens is 1. The van der Waals surface area contributed by atoms with E-state index in [9.17, 15) is 14.7 Å². The molecule has 7 nitrogen and oxygen atoms in total. The highest BCUT2D eigenvalue weighted by Gasteiger charge is 2.38. The fourth-order valence-electron chi connectivity index (χ4n) is 2.95. The second kappa shape index (κ2) is 7.27. The molecule has 1 aliphatic rings. The molecule has 1 fully saturated rings. The standard InChI is InChI=1S/C17H25N3O4/c1-17(2,3)24-16(23)11-6-8-20(13(18)9-11)14(15(21)22)12-5-4-7-19-10-12/h4-5,7,10-11,13-14H,6,8-9,18H2,1-3H3,(H,21,22)/t11-,13+,14-/m1/s1. The third-order valence-electron chi connectivity index (χ3n) is 3.99. The van der Waals surface area contributed by atoms with Crippen molar-refractivity contribution in [2.45, 2.75) is 51.4 Å². The van der Waals surface area contributed by atoms with Gasteiger partial charge in [0.2, 0.25) is 0 Å². The molecule has 0 saturated carbocycles. The lowest BCUT2D eigenvalue weighted by Crippen LogP contribution is -2.52. The molecule has 0 spiro atoms. The van der Waals surface area contributed by atoms with Gasteiger partial charge in [-0.2, -0.15) is 0 Å². The number of carboxylic acids is 1. The maximum atomic E-state index is 12.2. The van der Waals surface area contributed by atoms with Crippen molar-refractivity contribution in [3.8, 4) is 0 Å². The number of nitrogens with zero attached hydrogens (tertiary/aromatic N) is 2. The molecular formula is C17H25N3O4. The highest BCUT2D eigenvalue weighted by Crippen LogP contribution is 2.30. The van der Waals surface area contributed by atoms with Crippen molar-refractivity contribution < 1.29 is 19.4 Å². The van der Waals surface area contributed by atoms with Crippen molar-refractivity contribution in [2.75, 3.05) is 6.54 Å². The van der Waals surface area contributed by atoms with Gasteiger partial charge in [0.15, 0.2) is 0 Å². The zero-order chi connectivity index (χ0) is 17.9. The summed E-state index contributed by atoms with van der Waals surface area (Å²) in [5, 5.41) is 9.61. The highest BCUT2D eigenvalue weighted by molar-refractivity contribution is 5.76. The Labute approximate surface area is 141 Å². The van der Waals surface area contributed by atoms with E-state index >= 15 is 0 Å². The lowest BCUT2D eigenvalue weighted by atomic mass is 9.92. The monoisotopic (exact) mass is 335 g/mol. The Morgan fingerprint density at radius 2 is 2.17 bits per heavy atom. The van der Waals surface area contributed by atoms with Gasteiger partial charge in [-0.1, -0.05) is 6.07 Å². The number of pyridine rings is 1. The van der Waals surface area contributed by atoms with E-state index in [1.165, 1.54) is 6.20 Å². The molecule has 2 rings (SSSR count). The minimum atomic E-state index is -0.978. The molecule has 0 bridgehead atoms. The molecule has 132 valence electrons. The van der Waals surface area contributed by atoms with Crippen LogP contribution in [0.1, 0.15) is 45.2 Å². The first-order valence-electron chi connectivity index (χ1n) is 8.06. The van der Waals surface area contributed by atoms with Gasteiger partial charge in [0.05, 0.1) is 12.1 Å². The average Bonchev–Trinajstić information content (AvgIpc) is 2.48. The number of hydrogen-bond acceptors (Lipinski definition) is 6. The normalized spacial score (nSPS) is 23.5. The predicted molar refractivity (Wildman–Crippen MR) is 87.9 cm³/mol. The first-order chi connectivity index (χ1) is 11.2. The first kappa shape index (κ1) is 18.4. The smallest absolute Gasteiger partial charge is 0.325 e. The Morgan fingerprint density at radius 1 is 1.46 bits per heavy atom. The molecule has 7 heteroatoms. The molecule has 24 heavy (non-hydrogen) atoms. The van der Waals surface area contributed by atoms with Gasteiger partial charge in [-0.25, -0.2) is 0 Å². The van der Waals surface area contributed by atoms with Crippen molar-refractivity contribution in [3.05, 3.63) is 30.1 Å². The summed E-state index contributed by atoms with van der Waals surface area (Å²) in [6.07, 6.45) is 3.49. The summed E-state index contributed by atoms with van der Waals surface area (Å²) < 4.78 is 5.41. The van der Waals surface area contributed by atoms with E-state index in [-0.39, 0.29) is 11.9 Å².